The highest BCUT2D eigenvalue weighted by Crippen LogP contribution is 2.55. The van der Waals surface area contributed by atoms with Gasteiger partial charge < -0.3 is 31.3 Å². The van der Waals surface area contributed by atoms with E-state index in [9.17, 15) is 39.3 Å². The third-order valence-corrected chi connectivity index (χ3v) is 9.57. The standard InChI is InChI=1S/C28H36N4O8/c1-11-13-5-6-14(30-12-7-9-32(4)10-8-12)21(33)16(13)22(34)17-15(11)23(35)19-20(31(2)3)24(36)18(27(29)39)26(38)28(19,40)25(17)37/h5-6,11-12,15,17-20,23,30,33,35,40H,7-10H2,1-4H3,(H2,29,39)/t11-,15+,17?,18?,19+,20-,23-,28-/m1/s1. The first-order valence-electron chi connectivity index (χ1n) is 13.6. The first kappa shape index (κ1) is 28.3. The average Bonchev–Trinajstić information content (AvgIpc) is 2.88. The van der Waals surface area contributed by atoms with Gasteiger partial charge in [-0.05, 0) is 64.6 Å². The molecular formula is C28H36N4O8. The van der Waals surface area contributed by atoms with Crippen molar-refractivity contribution in [3.05, 3.63) is 23.3 Å². The van der Waals surface area contributed by atoms with Crippen molar-refractivity contribution in [1.82, 2.24) is 9.80 Å². The molecule has 1 aromatic carbocycles. The molecule has 2 unspecified atom stereocenters. The van der Waals surface area contributed by atoms with Crippen molar-refractivity contribution in [2.24, 2.45) is 29.4 Å². The fourth-order valence-corrected chi connectivity index (χ4v) is 7.48. The number of nitrogens with zero attached hydrogens (tertiary/aromatic N) is 2. The number of carbonyl (C=O) groups excluding carboxylic acids is 5. The van der Waals surface area contributed by atoms with Crippen LogP contribution in [-0.4, -0.2) is 112 Å². The van der Waals surface area contributed by atoms with Crippen LogP contribution < -0.4 is 11.1 Å². The van der Waals surface area contributed by atoms with Gasteiger partial charge in [0.2, 0.25) is 5.91 Å². The molecule has 0 radical (unpaired) electrons. The minimum atomic E-state index is -3.00. The lowest BCUT2D eigenvalue weighted by molar-refractivity contribution is -0.196. The number of fused-ring (bicyclic) bond motifs is 3. The molecule has 216 valence electrons. The van der Waals surface area contributed by atoms with Crippen LogP contribution in [0.25, 0.3) is 0 Å². The van der Waals surface area contributed by atoms with E-state index in [0.717, 1.165) is 25.9 Å². The number of Topliss-reactive ketones (excluding diaryl/α,β-unsaturated/α-hetero) is 4. The van der Waals surface area contributed by atoms with Gasteiger partial charge in [-0.15, -0.1) is 0 Å². The predicted octanol–water partition coefficient (Wildman–Crippen LogP) is -1.10. The highest BCUT2D eigenvalue weighted by atomic mass is 16.3. The Morgan fingerprint density at radius 2 is 1.75 bits per heavy atom. The lowest BCUT2D eigenvalue weighted by atomic mass is 9.49. The number of hydrogen-bond donors (Lipinski definition) is 5. The Labute approximate surface area is 231 Å². The van der Waals surface area contributed by atoms with Gasteiger partial charge in [-0.2, -0.15) is 0 Å². The fourth-order valence-electron chi connectivity index (χ4n) is 7.48. The number of ketones is 4. The summed E-state index contributed by atoms with van der Waals surface area (Å²) < 4.78 is 0. The van der Waals surface area contributed by atoms with Gasteiger partial charge in [0.15, 0.2) is 34.7 Å². The van der Waals surface area contributed by atoms with Crippen LogP contribution in [0.3, 0.4) is 0 Å². The minimum absolute atomic E-state index is 0.0646. The van der Waals surface area contributed by atoms with E-state index >= 15 is 0 Å². The summed E-state index contributed by atoms with van der Waals surface area (Å²) in [6.45, 7) is 3.43. The molecule has 0 aromatic heterocycles. The quantitative estimate of drug-likeness (QED) is 0.224. The smallest absolute Gasteiger partial charge is 0.235 e. The van der Waals surface area contributed by atoms with Crippen LogP contribution in [0.15, 0.2) is 12.1 Å². The molecule has 2 saturated carbocycles. The zero-order valence-corrected chi connectivity index (χ0v) is 23.0. The van der Waals surface area contributed by atoms with Gasteiger partial charge >= 0.3 is 0 Å². The number of anilines is 1. The second kappa shape index (κ2) is 9.72. The van der Waals surface area contributed by atoms with Gasteiger partial charge in [0.25, 0.3) is 0 Å². The van der Waals surface area contributed by atoms with Crippen molar-refractivity contribution in [3.8, 4) is 5.75 Å². The molecule has 1 saturated heterocycles. The van der Waals surface area contributed by atoms with E-state index in [4.69, 9.17) is 5.73 Å². The molecule has 40 heavy (non-hydrogen) atoms. The second-order valence-electron chi connectivity index (χ2n) is 12.0. The van der Waals surface area contributed by atoms with Crippen LogP contribution in [0.5, 0.6) is 5.75 Å². The van der Waals surface area contributed by atoms with E-state index < -0.39 is 76.4 Å². The van der Waals surface area contributed by atoms with Crippen molar-refractivity contribution < 1.29 is 39.3 Å². The lowest BCUT2D eigenvalue weighted by Crippen LogP contribution is -2.77. The van der Waals surface area contributed by atoms with Gasteiger partial charge in [0, 0.05) is 12.0 Å². The van der Waals surface area contributed by atoms with Gasteiger partial charge in [-0.1, -0.05) is 13.0 Å². The molecule has 12 heteroatoms. The normalized spacial score (nSPS) is 36.7. The highest BCUT2D eigenvalue weighted by molar-refractivity contribution is 6.32. The first-order chi connectivity index (χ1) is 18.7. The Balaban J connectivity index is 1.59. The summed E-state index contributed by atoms with van der Waals surface area (Å²) in [5.74, 6) is -13.2. The molecule has 3 fully saturated rings. The Kier molecular flexibility index (Phi) is 6.89. The number of rotatable bonds is 4. The maximum absolute atomic E-state index is 14.0. The molecule has 1 aromatic rings. The monoisotopic (exact) mass is 556 g/mol. The summed E-state index contributed by atoms with van der Waals surface area (Å²) in [6.07, 6.45) is 0.0136. The molecule has 1 amide bonds. The number of nitrogens with one attached hydrogen (secondary N) is 1. The largest absolute Gasteiger partial charge is 0.505 e. The predicted molar refractivity (Wildman–Crippen MR) is 142 cm³/mol. The molecule has 3 aliphatic carbocycles. The summed E-state index contributed by atoms with van der Waals surface area (Å²) in [5.41, 5.74) is 2.98. The Bertz CT molecular complexity index is 1310. The van der Waals surface area contributed by atoms with Gasteiger partial charge in [-0.3, -0.25) is 28.9 Å². The zero-order valence-electron chi connectivity index (χ0n) is 23.0. The molecule has 5 rings (SSSR count). The van der Waals surface area contributed by atoms with Gasteiger partial charge in [0.05, 0.1) is 35.2 Å². The number of carbonyl (C=O) groups is 5. The topological polar surface area (TPSA) is 191 Å². The fraction of sp³-hybridized carbons (Fsp3) is 0.607. The molecular weight excluding hydrogens is 520 g/mol. The zero-order chi connectivity index (χ0) is 29.4. The van der Waals surface area contributed by atoms with Crippen LogP contribution in [0.1, 0.15) is 41.6 Å². The molecule has 4 aliphatic rings. The van der Waals surface area contributed by atoms with E-state index in [2.05, 4.69) is 10.2 Å². The molecule has 0 bridgehead atoms. The Morgan fingerprint density at radius 1 is 1.12 bits per heavy atom. The van der Waals surface area contributed by atoms with E-state index in [1.165, 1.54) is 19.0 Å². The van der Waals surface area contributed by atoms with E-state index in [1.54, 1.807) is 19.1 Å². The van der Waals surface area contributed by atoms with Crippen molar-refractivity contribution in [1.29, 1.82) is 0 Å². The Hall–Kier alpha value is -3.19. The summed E-state index contributed by atoms with van der Waals surface area (Å²) in [5, 5.41) is 37.9. The average molecular weight is 557 g/mol. The number of benzene rings is 1. The Morgan fingerprint density at radius 3 is 2.33 bits per heavy atom. The van der Waals surface area contributed by atoms with Crippen LogP contribution in [-0.2, 0) is 19.2 Å². The summed E-state index contributed by atoms with van der Waals surface area (Å²) in [6, 6.07) is 2.01. The third kappa shape index (κ3) is 3.84. The number of aliphatic hydroxyl groups excluding tert-OH is 1. The number of likely N-dealkylation sites (tertiary alicyclic amines) is 1. The van der Waals surface area contributed by atoms with Gasteiger partial charge in [0.1, 0.15) is 5.75 Å². The summed E-state index contributed by atoms with van der Waals surface area (Å²) in [7, 11) is 4.94. The number of phenolic OH excluding ortho intramolecular Hbond substituents is 1. The molecule has 1 heterocycles. The van der Waals surface area contributed by atoms with E-state index in [-0.39, 0.29) is 17.4 Å². The number of nitrogens with two attached hydrogens (primary N) is 1. The number of amides is 1. The van der Waals surface area contributed by atoms with Crippen molar-refractivity contribution in [2.45, 2.75) is 49.5 Å². The van der Waals surface area contributed by atoms with Crippen molar-refractivity contribution >= 4 is 34.7 Å². The summed E-state index contributed by atoms with van der Waals surface area (Å²) in [4.78, 5) is 70.3. The minimum Gasteiger partial charge on any atom is -0.505 e. The number of primary amides is 1. The van der Waals surface area contributed by atoms with E-state index in [1.807, 2.05) is 7.05 Å². The number of aliphatic hydroxyl groups is 2. The molecule has 1 aliphatic heterocycles. The number of likely N-dealkylation sites (N-methyl/N-ethyl adjacent to an activating group) is 1. The van der Waals surface area contributed by atoms with E-state index in [0.29, 0.717) is 11.3 Å². The maximum atomic E-state index is 14.0. The third-order valence-electron chi connectivity index (χ3n) is 9.57. The van der Waals surface area contributed by atoms with Crippen LogP contribution in [0.4, 0.5) is 5.69 Å². The number of piperidine rings is 1. The van der Waals surface area contributed by atoms with Gasteiger partial charge in [-0.25, -0.2) is 0 Å². The highest BCUT2D eigenvalue weighted by Gasteiger charge is 2.72. The SMILES string of the molecule is C[C@@H]1c2ccc(NC3CCN(C)CC3)c(O)c2C(=O)C2C(=O)[C@@]3(O)C(=O)C(C(N)=O)C(=O)[C@H](N(C)C)[C@H]3[C@H](O)[C@H]21. The maximum Gasteiger partial charge on any atom is 0.235 e. The van der Waals surface area contributed by atoms with Crippen LogP contribution in [0.2, 0.25) is 0 Å². The van der Waals surface area contributed by atoms with Crippen molar-refractivity contribution in [3.63, 3.8) is 0 Å². The van der Waals surface area contributed by atoms with Crippen molar-refractivity contribution in [2.75, 3.05) is 39.5 Å². The molecule has 12 nitrogen and oxygen atoms in total. The second-order valence-corrected chi connectivity index (χ2v) is 12.0. The number of hydrogen-bond acceptors (Lipinski definition) is 11. The summed E-state index contributed by atoms with van der Waals surface area (Å²) >= 11 is 0. The first-order valence-corrected chi connectivity index (χ1v) is 13.6. The number of aromatic hydroxyl groups is 1. The lowest BCUT2D eigenvalue weighted by Gasteiger charge is -2.56. The number of phenols is 1. The van der Waals surface area contributed by atoms with Crippen LogP contribution >= 0.6 is 0 Å². The molecule has 8 atom stereocenters. The van der Waals surface area contributed by atoms with Crippen LogP contribution in [0, 0.1) is 23.7 Å². The molecule has 6 N–H and O–H groups in total. The molecule has 0 spiro atoms.